The second-order valence-corrected chi connectivity index (χ2v) is 8.28. The van der Waals surface area contributed by atoms with Crippen molar-refractivity contribution in [1.29, 1.82) is 0 Å². The van der Waals surface area contributed by atoms with E-state index >= 15 is 0 Å². The summed E-state index contributed by atoms with van der Waals surface area (Å²) in [6, 6.07) is 0. The Morgan fingerprint density at radius 3 is 2.57 bits per heavy atom. The number of nitrogens with zero attached hydrogens (tertiary/aromatic N) is 4. The van der Waals surface area contributed by atoms with Gasteiger partial charge in [0.1, 0.15) is 11.0 Å². The van der Waals surface area contributed by atoms with Gasteiger partial charge < -0.3 is 19.9 Å². The Hall–Kier alpha value is -2.04. The van der Waals surface area contributed by atoms with Crippen LogP contribution < -0.4 is 5.32 Å². The predicted molar refractivity (Wildman–Crippen MR) is 105 cm³/mol. The van der Waals surface area contributed by atoms with Gasteiger partial charge in [0.2, 0.25) is 5.91 Å². The SMILES string of the molecule is Cc1nc(NC(=O)CN2CCN(C(=O)[C@@H]3CCCO3)CC2)sc1C(=O)N(C)C. The molecule has 3 rings (SSSR count). The molecule has 2 aliphatic heterocycles. The number of piperazine rings is 1. The van der Waals surface area contributed by atoms with E-state index in [0.29, 0.717) is 48.5 Å². The Morgan fingerprint density at radius 2 is 1.96 bits per heavy atom. The molecule has 0 radical (unpaired) electrons. The summed E-state index contributed by atoms with van der Waals surface area (Å²) in [6.45, 7) is 5.15. The van der Waals surface area contributed by atoms with Crippen molar-refractivity contribution in [2.45, 2.75) is 25.9 Å². The van der Waals surface area contributed by atoms with Gasteiger partial charge in [-0.2, -0.15) is 0 Å². The van der Waals surface area contributed by atoms with Crippen molar-refractivity contribution >= 4 is 34.2 Å². The number of aryl methyl sites for hydroxylation is 1. The third kappa shape index (κ3) is 4.86. The van der Waals surface area contributed by atoms with Gasteiger partial charge in [0.15, 0.2) is 5.13 Å². The van der Waals surface area contributed by atoms with Gasteiger partial charge in [-0.05, 0) is 19.8 Å². The molecule has 3 amide bonds. The number of aromatic nitrogens is 1. The van der Waals surface area contributed by atoms with Crippen molar-refractivity contribution in [2.24, 2.45) is 0 Å². The van der Waals surface area contributed by atoms with E-state index in [1.54, 1.807) is 21.0 Å². The number of carbonyl (C=O) groups is 3. The number of amides is 3. The minimum Gasteiger partial charge on any atom is -0.368 e. The van der Waals surface area contributed by atoms with Crippen LogP contribution in [0.5, 0.6) is 0 Å². The molecule has 2 aliphatic rings. The summed E-state index contributed by atoms with van der Waals surface area (Å²) in [5, 5.41) is 3.21. The molecule has 0 aromatic carbocycles. The Kier molecular flexibility index (Phi) is 6.63. The number of hydrogen-bond acceptors (Lipinski definition) is 7. The average molecular weight is 410 g/mol. The van der Waals surface area contributed by atoms with Gasteiger partial charge in [-0.25, -0.2) is 4.98 Å². The van der Waals surface area contributed by atoms with Crippen molar-refractivity contribution in [3.63, 3.8) is 0 Å². The summed E-state index contributed by atoms with van der Waals surface area (Å²) < 4.78 is 5.47. The Labute approximate surface area is 168 Å². The number of nitrogens with one attached hydrogen (secondary N) is 1. The molecule has 3 heterocycles. The lowest BCUT2D eigenvalue weighted by molar-refractivity contribution is -0.142. The fraction of sp³-hybridized carbons (Fsp3) is 0.667. The first kappa shape index (κ1) is 20.7. The first-order chi connectivity index (χ1) is 13.3. The Morgan fingerprint density at radius 1 is 1.25 bits per heavy atom. The molecule has 1 aromatic heterocycles. The number of ether oxygens (including phenoxy) is 1. The van der Waals surface area contributed by atoms with E-state index in [-0.39, 0.29) is 30.4 Å². The summed E-state index contributed by atoms with van der Waals surface area (Å²) in [6.07, 6.45) is 1.45. The van der Waals surface area contributed by atoms with Gasteiger partial charge in [-0.15, -0.1) is 0 Å². The Balaban J connectivity index is 1.46. The van der Waals surface area contributed by atoms with E-state index in [1.807, 2.05) is 9.80 Å². The normalized spacial score (nSPS) is 20.2. The summed E-state index contributed by atoms with van der Waals surface area (Å²) >= 11 is 1.19. The summed E-state index contributed by atoms with van der Waals surface area (Å²) in [5.41, 5.74) is 0.611. The number of carbonyl (C=O) groups excluding carboxylic acids is 3. The van der Waals surface area contributed by atoms with Gasteiger partial charge in [0.05, 0.1) is 12.2 Å². The molecule has 0 bridgehead atoms. The molecule has 1 aromatic rings. The number of thiazole rings is 1. The van der Waals surface area contributed by atoms with Crippen LogP contribution in [-0.4, -0.2) is 96.9 Å². The maximum atomic E-state index is 12.4. The van der Waals surface area contributed by atoms with Crippen molar-refractivity contribution in [3.05, 3.63) is 10.6 Å². The zero-order chi connectivity index (χ0) is 20.3. The molecule has 0 unspecified atom stereocenters. The van der Waals surface area contributed by atoms with Crippen LogP contribution in [0.15, 0.2) is 0 Å². The van der Waals surface area contributed by atoms with E-state index in [1.165, 1.54) is 16.2 Å². The van der Waals surface area contributed by atoms with Crippen molar-refractivity contribution in [2.75, 3.05) is 58.7 Å². The molecule has 28 heavy (non-hydrogen) atoms. The first-order valence-corrected chi connectivity index (χ1v) is 10.3. The lowest BCUT2D eigenvalue weighted by Gasteiger charge is -2.35. The van der Waals surface area contributed by atoms with Crippen LogP contribution >= 0.6 is 11.3 Å². The van der Waals surface area contributed by atoms with Crippen molar-refractivity contribution in [1.82, 2.24) is 19.7 Å². The highest BCUT2D eigenvalue weighted by Gasteiger charge is 2.30. The number of hydrogen-bond donors (Lipinski definition) is 1. The largest absolute Gasteiger partial charge is 0.368 e. The van der Waals surface area contributed by atoms with Crippen molar-refractivity contribution < 1.29 is 19.1 Å². The quantitative estimate of drug-likeness (QED) is 0.757. The topological polar surface area (TPSA) is 95.1 Å². The zero-order valence-corrected chi connectivity index (χ0v) is 17.4. The summed E-state index contributed by atoms with van der Waals surface area (Å²) in [5.74, 6) is -0.225. The van der Waals surface area contributed by atoms with E-state index in [0.717, 1.165) is 12.8 Å². The molecule has 0 aliphatic carbocycles. The molecule has 154 valence electrons. The number of anilines is 1. The molecule has 2 fully saturated rings. The highest BCUT2D eigenvalue weighted by atomic mass is 32.1. The fourth-order valence-corrected chi connectivity index (χ4v) is 4.32. The standard InChI is InChI=1S/C18H27N5O4S/c1-12-15(17(26)21(2)3)28-18(19-12)20-14(24)11-22-6-8-23(9-7-22)16(25)13-5-4-10-27-13/h13H,4-11H2,1-3H3,(H,19,20,24)/t13-/m0/s1. The molecule has 1 N–H and O–H groups in total. The van der Waals surface area contributed by atoms with Crippen LogP contribution in [0.4, 0.5) is 5.13 Å². The number of rotatable bonds is 5. The van der Waals surface area contributed by atoms with Gasteiger partial charge >= 0.3 is 0 Å². The smallest absolute Gasteiger partial charge is 0.265 e. The molecule has 0 saturated carbocycles. The van der Waals surface area contributed by atoms with Crippen LogP contribution in [0.25, 0.3) is 0 Å². The van der Waals surface area contributed by atoms with E-state index < -0.39 is 0 Å². The lowest BCUT2D eigenvalue weighted by atomic mass is 10.2. The first-order valence-electron chi connectivity index (χ1n) is 9.47. The third-order valence-corrected chi connectivity index (χ3v) is 5.96. The minimum atomic E-state index is -0.290. The highest BCUT2D eigenvalue weighted by Crippen LogP contribution is 2.23. The second-order valence-electron chi connectivity index (χ2n) is 7.28. The van der Waals surface area contributed by atoms with E-state index in [2.05, 4.69) is 10.3 Å². The van der Waals surface area contributed by atoms with Crippen LogP contribution in [0.1, 0.15) is 28.2 Å². The highest BCUT2D eigenvalue weighted by molar-refractivity contribution is 7.17. The third-order valence-electron chi connectivity index (χ3n) is 4.90. The van der Waals surface area contributed by atoms with E-state index in [9.17, 15) is 14.4 Å². The molecule has 0 spiro atoms. The second kappa shape index (κ2) is 8.97. The molecule has 2 saturated heterocycles. The van der Waals surface area contributed by atoms with Gasteiger partial charge in [-0.3, -0.25) is 19.3 Å². The molecular formula is C18H27N5O4S. The maximum Gasteiger partial charge on any atom is 0.265 e. The van der Waals surface area contributed by atoms with Crippen LogP contribution in [0.3, 0.4) is 0 Å². The lowest BCUT2D eigenvalue weighted by Crippen LogP contribution is -2.52. The fourth-order valence-electron chi connectivity index (χ4n) is 3.32. The summed E-state index contributed by atoms with van der Waals surface area (Å²) in [4.78, 5) is 47.0. The molecule has 9 nitrogen and oxygen atoms in total. The van der Waals surface area contributed by atoms with E-state index in [4.69, 9.17) is 4.74 Å². The molecule has 10 heteroatoms. The predicted octanol–water partition coefficient (Wildman–Crippen LogP) is 0.415. The van der Waals surface area contributed by atoms with Crippen LogP contribution in [0, 0.1) is 6.92 Å². The monoisotopic (exact) mass is 409 g/mol. The summed E-state index contributed by atoms with van der Waals surface area (Å²) in [7, 11) is 3.37. The van der Waals surface area contributed by atoms with Crippen molar-refractivity contribution in [3.8, 4) is 0 Å². The average Bonchev–Trinajstić information content (AvgIpc) is 3.31. The Bertz CT molecular complexity index is 736. The van der Waals surface area contributed by atoms with Crippen LogP contribution in [0.2, 0.25) is 0 Å². The molecule has 1 atom stereocenters. The zero-order valence-electron chi connectivity index (χ0n) is 16.6. The van der Waals surface area contributed by atoms with Gasteiger partial charge in [-0.1, -0.05) is 11.3 Å². The maximum absolute atomic E-state index is 12.4. The van der Waals surface area contributed by atoms with Gasteiger partial charge in [0, 0.05) is 46.9 Å². The molecular weight excluding hydrogens is 382 g/mol. The van der Waals surface area contributed by atoms with Gasteiger partial charge in [0.25, 0.3) is 11.8 Å². The minimum absolute atomic E-state index is 0.0675. The van der Waals surface area contributed by atoms with Crippen LogP contribution in [-0.2, 0) is 14.3 Å².